The minimum atomic E-state index is 0.551. The van der Waals surface area contributed by atoms with Gasteiger partial charge in [0.05, 0.1) is 18.1 Å². The first-order chi connectivity index (χ1) is 8.74. The van der Waals surface area contributed by atoms with Crippen LogP contribution in [-0.4, -0.2) is 14.8 Å². The average molecular weight is 305 g/mol. The molecule has 0 saturated carbocycles. The van der Waals surface area contributed by atoms with Crippen LogP contribution in [-0.2, 0) is 0 Å². The number of anilines is 1. The zero-order valence-electron chi connectivity index (χ0n) is 9.25. The van der Waals surface area contributed by atoms with E-state index >= 15 is 0 Å². The Morgan fingerprint density at radius 1 is 1.28 bits per heavy atom. The molecule has 0 aliphatic heterocycles. The first-order valence-electron chi connectivity index (χ1n) is 5.25. The number of nitrogens with zero attached hydrogens (tertiary/aromatic N) is 3. The largest absolute Gasteiger partial charge is 0.463 e. The van der Waals surface area contributed by atoms with Crippen molar-refractivity contribution in [1.29, 1.82) is 0 Å². The molecule has 3 rings (SSSR count). The van der Waals surface area contributed by atoms with Crippen LogP contribution >= 0.6 is 15.9 Å². The molecule has 90 valence electrons. The Hall–Kier alpha value is -2.08. The molecule has 0 amide bonds. The lowest BCUT2D eigenvalue weighted by atomic mass is 10.3. The molecule has 0 fully saturated rings. The molecule has 0 unspecified atom stereocenters. The third kappa shape index (κ3) is 1.91. The highest BCUT2D eigenvalue weighted by molar-refractivity contribution is 9.10. The van der Waals surface area contributed by atoms with Crippen molar-refractivity contribution < 1.29 is 4.42 Å². The van der Waals surface area contributed by atoms with Crippen LogP contribution < -0.4 is 5.73 Å². The molecule has 0 atom stereocenters. The van der Waals surface area contributed by atoms with Gasteiger partial charge in [0.25, 0.3) is 0 Å². The number of hydrogen-bond acceptors (Lipinski definition) is 4. The molecule has 0 bridgehead atoms. The normalized spacial score (nSPS) is 10.7. The van der Waals surface area contributed by atoms with E-state index in [0.29, 0.717) is 23.0 Å². The van der Waals surface area contributed by atoms with Crippen molar-refractivity contribution in [3.05, 3.63) is 47.4 Å². The van der Waals surface area contributed by atoms with E-state index in [0.717, 1.165) is 4.47 Å². The molecule has 0 spiro atoms. The number of nitrogens with two attached hydrogens (primary N) is 1. The zero-order valence-corrected chi connectivity index (χ0v) is 10.8. The summed E-state index contributed by atoms with van der Waals surface area (Å²) in [7, 11) is 0. The van der Waals surface area contributed by atoms with E-state index in [1.807, 2.05) is 18.2 Å². The number of halogens is 1. The molecule has 0 aliphatic rings. The molecule has 0 aromatic carbocycles. The fourth-order valence-electron chi connectivity index (χ4n) is 1.61. The Kier molecular flexibility index (Phi) is 2.64. The topological polar surface area (TPSA) is 69.9 Å². The number of pyridine rings is 1. The summed E-state index contributed by atoms with van der Waals surface area (Å²) in [6.45, 7) is 0. The molecular weight excluding hydrogens is 296 g/mol. The summed E-state index contributed by atoms with van der Waals surface area (Å²) in [6.07, 6.45) is 5.01. The Morgan fingerprint density at radius 2 is 2.17 bits per heavy atom. The highest BCUT2D eigenvalue weighted by atomic mass is 79.9. The van der Waals surface area contributed by atoms with Crippen LogP contribution in [0, 0.1) is 0 Å². The molecule has 3 aromatic heterocycles. The second kappa shape index (κ2) is 4.30. The quantitative estimate of drug-likeness (QED) is 0.790. The molecule has 2 N–H and O–H groups in total. The van der Waals surface area contributed by atoms with Crippen molar-refractivity contribution >= 4 is 21.6 Å². The molecule has 6 heteroatoms. The Bertz CT molecular complexity index is 658. The lowest BCUT2D eigenvalue weighted by Gasteiger charge is -1.98. The average Bonchev–Trinajstić information content (AvgIpc) is 2.99. The first kappa shape index (κ1) is 11.0. The van der Waals surface area contributed by atoms with Crippen molar-refractivity contribution in [1.82, 2.24) is 14.8 Å². The summed E-state index contributed by atoms with van der Waals surface area (Å²) >= 11 is 3.34. The molecule has 3 aromatic rings. The van der Waals surface area contributed by atoms with Crippen LogP contribution in [0.5, 0.6) is 0 Å². The van der Waals surface area contributed by atoms with E-state index in [4.69, 9.17) is 10.2 Å². The summed E-state index contributed by atoms with van der Waals surface area (Å²) in [5, 5.41) is 4.37. The molecule has 0 saturated heterocycles. The third-order valence-corrected chi connectivity index (χ3v) is 2.91. The van der Waals surface area contributed by atoms with Crippen molar-refractivity contribution in [3.8, 4) is 17.3 Å². The minimum Gasteiger partial charge on any atom is -0.463 e. The Balaban J connectivity index is 2.05. The van der Waals surface area contributed by atoms with Crippen molar-refractivity contribution in [2.75, 3.05) is 5.73 Å². The third-order valence-electron chi connectivity index (χ3n) is 2.44. The van der Waals surface area contributed by atoms with Crippen LogP contribution in [0.1, 0.15) is 0 Å². The summed E-state index contributed by atoms with van der Waals surface area (Å²) in [5.41, 5.74) is 7.09. The number of hydrogen-bond donors (Lipinski definition) is 1. The Morgan fingerprint density at radius 3 is 2.83 bits per heavy atom. The highest BCUT2D eigenvalue weighted by Gasteiger charge is 2.12. The fourth-order valence-corrected chi connectivity index (χ4v) is 1.85. The standard InChI is InChI=1S/C12H9BrN4O/c13-8-3-4-11(15-6-8)17-7-9(14)12(16-17)10-2-1-5-18-10/h1-7H,14H2. The maximum Gasteiger partial charge on any atom is 0.156 e. The molecule has 5 nitrogen and oxygen atoms in total. The summed E-state index contributed by atoms with van der Waals surface area (Å²) in [6, 6.07) is 7.36. The second-order valence-corrected chi connectivity index (χ2v) is 4.61. The van der Waals surface area contributed by atoms with Crippen molar-refractivity contribution in [2.24, 2.45) is 0 Å². The van der Waals surface area contributed by atoms with Gasteiger partial charge in [-0.05, 0) is 40.2 Å². The fraction of sp³-hybridized carbons (Fsp3) is 0. The van der Waals surface area contributed by atoms with Crippen LogP contribution in [0.4, 0.5) is 5.69 Å². The summed E-state index contributed by atoms with van der Waals surface area (Å²) in [4.78, 5) is 4.25. The number of aromatic nitrogens is 3. The van der Waals surface area contributed by atoms with Gasteiger partial charge >= 0.3 is 0 Å². The molecule has 0 radical (unpaired) electrons. The second-order valence-electron chi connectivity index (χ2n) is 3.69. The van der Waals surface area contributed by atoms with Gasteiger partial charge in [-0.3, -0.25) is 0 Å². The van der Waals surface area contributed by atoms with Gasteiger partial charge in [-0.2, -0.15) is 5.10 Å². The zero-order chi connectivity index (χ0) is 12.5. The van der Waals surface area contributed by atoms with Gasteiger partial charge < -0.3 is 10.2 Å². The molecule has 0 aliphatic carbocycles. The van der Waals surface area contributed by atoms with Gasteiger partial charge in [0.1, 0.15) is 0 Å². The van der Waals surface area contributed by atoms with E-state index in [9.17, 15) is 0 Å². The Labute approximate surface area is 111 Å². The predicted octanol–water partition coefficient (Wildman–Crippen LogP) is 2.87. The van der Waals surface area contributed by atoms with Crippen LogP contribution in [0.3, 0.4) is 0 Å². The van der Waals surface area contributed by atoms with Gasteiger partial charge in [0.15, 0.2) is 17.3 Å². The monoisotopic (exact) mass is 304 g/mol. The van der Waals surface area contributed by atoms with Gasteiger partial charge in [-0.15, -0.1) is 0 Å². The van der Waals surface area contributed by atoms with Crippen LogP contribution in [0.15, 0.2) is 51.8 Å². The summed E-state index contributed by atoms with van der Waals surface area (Å²) in [5.74, 6) is 1.34. The van der Waals surface area contributed by atoms with Gasteiger partial charge in [-0.1, -0.05) is 0 Å². The predicted molar refractivity (Wildman–Crippen MR) is 71.2 cm³/mol. The van der Waals surface area contributed by atoms with Crippen molar-refractivity contribution in [3.63, 3.8) is 0 Å². The minimum absolute atomic E-state index is 0.551. The number of furan rings is 1. The molecule has 3 heterocycles. The number of rotatable bonds is 2. The van der Waals surface area contributed by atoms with E-state index < -0.39 is 0 Å². The van der Waals surface area contributed by atoms with Gasteiger partial charge in [-0.25, -0.2) is 9.67 Å². The van der Waals surface area contributed by atoms with Gasteiger partial charge in [0, 0.05) is 10.7 Å². The lowest BCUT2D eigenvalue weighted by Crippen LogP contribution is -1.97. The maximum atomic E-state index is 5.92. The smallest absolute Gasteiger partial charge is 0.156 e. The lowest BCUT2D eigenvalue weighted by molar-refractivity contribution is 0.579. The first-order valence-corrected chi connectivity index (χ1v) is 6.04. The highest BCUT2D eigenvalue weighted by Crippen LogP contribution is 2.25. The molecular formula is C12H9BrN4O. The van der Waals surface area contributed by atoms with E-state index in [-0.39, 0.29) is 0 Å². The van der Waals surface area contributed by atoms with E-state index in [1.165, 1.54) is 0 Å². The van der Waals surface area contributed by atoms with Gasteiger partial charge in [0.2, 0.25) is 0 Å². The van der Waals surface area contributed by atoms with Crippen LogP contribution in [0.2, 0.25) is 0 Å². The number of nitrogen functional groups attached to an aromatic ring is 1. The van der Waals surface area contributed by atoms with Crippen LogP contribution in [0.25, 0.3) is 17.3 Å². The summed E-state index contributed by atoms with van der Waals surface area (Å²) < 4.78 is 7.82. The van der Waals surface area contributed by atoms with E-state index in [1.54, 1.807) is 29.4 Å². The molecule has 18 heavy (non-hydrogen) atoms. The van der Waals surface area contributed by atoms with Crippen molar-refractivity contribution in [2.45, 2.75) is 0 Å². The van der Waals surface area contributed by atoms with E-state index in [2.05, 4.69) is 26.0 Å². The maximum absolute atomic E-state index is 5.92. The SMILES string of the molecule is Nc1cn(-c2ccc(Br)cn2)nc1-c1ccco1.